The molecule has 0 radical (unpaired) electrons. The quantitative estimate of drug-likeness (QED) is 0.727. The summed E-state index contributed by atoms with van der Waals surface area (Å²) in [6.45, 7) is 0.990. The fraction of sp³-hybridized carbons (Fsp3) is 0.286. The van der Waals surface area contributed by atoms with Gasteiger partial charge in [0, 0.05) is 31.3 Å². The number of carbonyl (C=O) groups is 3. The number of hydrogen-bond acceptors (Lipinski definition) is 4. The van der Waals surface area contributed by atoms with Crippen molar-refractivity contribution < 1.29 is 19.1 Å². The maximum Gasteiger partial charge on any atom is 0.251 e. The van der Waals surface area contributed by atoms with E-state index in [-0.39, 0.29) is 30.7 Å². The van der Waals surface area contributed by atoms with Crippen LogP contribution in [0.25, 0.3) is 0 Å². The maximum atomic E-state index is 12.6. The van der Waals surface area contributed by atoms with Gasteiger partial charge in [0.1, 0.15) is 12.4 Å². The van der Waals surface area contributed by atoms with Crippen LogP contribution in [0.5, 0.6) is 5.75 Å². The van der Waals surface area contributed by atoms with Gasteiger partial charge >= 0.3 is 0 Å². The van der Waals surface area contributed by atoms with Crippen LogP contribution in [0.15, 0.2) is 48.5 Å². The van der Waals surface area contributed by atoms with Gasteiger partial charge in [-0.2, -0.15) is 0 Å². The van der Waals surface area contributed by atoms with Gasteiger partial charge in [-0.15, -0.1) is 0 Å². The second kappa shape index (κ2) is 9.43. The van der Waals surface area contributed by atoms with Gasteiger partial charge in [-0.05, 0) is 30.3 Å². The van der Waals surface area contributed by atoms with E-state index in [0.29, 0.717) is 35.1 Å². The van der Waals surface area contributed by atoms with Crippen molar-refractivity contribution in [3.63, 3.8) is 0 Å². The van der Waals surface area contributed by atoms with Crippen molar-refractivity contribution >= 4 is 35.0 Å². The van der Waals surface area contributed by atoms with Crippen molar-refractivity contribution in [2.45, 2.75) is 6.42 Å². The van der Waals surface area contributed by atoms with Gasteiger partial charge in [0.05, 0.1) is 17.5 Å². The van der Waals surface area contributed by atoms with Gasteiger partial charge in [-0.3, -0.25) is 14.4 Å². The number of likely N-dealkylation sites (tertiary alicyclic amines) is 1. The number of nitrogens with one attached hydrogen (secondary N) is 2. The zero-order chi connectivity index (χ0) is 20.8. The van der Waals surface area contributed by atoms with Crippen molar-refractivity contribution in [3.05, 3.63) is 59.1 Å². The molecule has 1 fully saturated rings. The van der Waals surface area contributed by atoms with Crippen LogP contribution in [-0.2, 0) is 9.59 Å². The molecule has 0 saturated carbocycles. The second-order valence-corrected chi connectivity index (χ2v) is 7.08. The summed E-state index contributed by atoms with van der Waals surface area (Å²) in [6, 6.07) is 13.8. The Hall–Kier alpha value is -3.06. The minimum absolute atomic E-state index is 0.0907. The molecule has 3 rings (SSSR count). The smallest absolute Gasteiger partial charge is 0.251 e. The molecule has 0 aromatic heterocycles. The molecule has 2 aromatic rings. The fourth-order valence-electron chi connectivity index (χ4n) is 3.12. The summed E-state index contributed by atoms with van der Waals surface area (Å²) in [5.41, 5.74) is 0.968. The molecular weight excluding hydrogens is 394 g/mol. The lowest BCUT2D eigenvalue weighted by atomic mass is 10.1. The number of amides is 3. The average Bonchev–Trinajstić information content (AvgIpc) is 3.10. The first-order chi connectivity index (χ1) is 14.0. The zero-order valence-electron chi connectivity index (χ0n) is 16.0. The first-order valence-electron chi connectivity index (χ1n) is 9.26. The number of hydrogen-bond donors (Lipinski definition) is 2. The van der Waals surface area contributed by atoms with E-state index < -0.39 is 5.92 Å². The first-order valence-corrected chi connectivity index (χ1v) is 9.64. The Bertz CT molecular complexity index is 918. The molecule has 1 aliphatic heterocycles. The van der Waals surface area contributed by atoms with Crippen LogP contribution in [-0.4, -0.2) is 49.4 Å². The van der Waals surface area contributed by atoms with Crippen LogP contribution in [0.1, 0.15) is 16.8 Å². The molecule has 1 heterocycles. The Morgan fingerprint density at radius 3 is 2.76 bits per heavy atom. The van der Waals surface area contributed by atoms with Crippen LogP contribution in [0.3, 0.4) is 0 Å². The lowest BCUT2D eigenvalue weighted by Crippen LogP contribution is -2.31. The minimum Gasteiger partial charge on any atom is -0.490 e. The van der Waals surface area contributed by atoms with Crippen molar-refractivity contribution in [3.8, 4) is 5.75 Å². The predicted molar refractivity (Wildman–Crippen MR) is 110 cm³/mol. The maximum absolute atomic E-state index is 12.6. The number of carbonyl (C=O) groups excluding carboxylic acids is 3. The molecule has 0 bridgehead atoms. The fourth-order valence-corrected chi connectivity index (χ4v) is 3.31. The molecular formula is C21H22ClN3O4. The summed E-state index contributed by atoms with van der Waals surface area (Å²) >= 11 is 6.05. The van der Waals surface area contributed by atoms with Crippen molar-refractivity contribution in [2.24, 2.45) is 5.92 Å². The second-order valence-electron chi connectivity index (χ2n) is 6.67. The first kappa shape index (κ1) is 20.7. The molecule has 0 spiro atoms. The summed E-state index contributed by atoms with van der Waals surface area (Å²) in [6.07, 6.45) is 0.146. The topological polar surface area (TPSA) is 87.7 Å². The van der Waals surface area contributed by atoms with Crippen molar-refractivity contribution in [1.29, 1.82) is 0 Å². The molecule has 8 heteroatoms. The van der Waals surface area contributed by atoms with E-state index in [4.69, 9.17) is 16.3 Å². The van der Waals surface area contributed by atoms with Crippen LogP contribution in [0, 0.1) is 5.92 Å². The normalized spacial score (nSPS) is 15.9. The average molecular weight is 416 g/mol. The summed E-state index contributed by atoms with van der Waals surface area (Å²) in [7, 11) is 1.54. The minimum atomic E-state index is -0.452. The summed E-state index contributed by atoms with van der Waals surface area (Å²) in [5, 5.41) is 5.84. The Labute approximate surface area is 174 Å². The molecule has 7 nitrogen and oxygen atoms in total. The van der Waals surface area contributed by atoms with E-state index in [2.05, 4.69) is 10.6 Å². The van der Waals surface area contributed by atoms with E-state index in [0.717, 1.165) is 0 Å². The van der Waals surface area contributed by atoms with Crippen molar-refractivity contribution in [2.75, 3.05) is 32.1 Å². The lowest BCUT2D eigenvalue weighted by Gasteiger charge is -2.17. The van der Waals surface area contributed by atoms with E-state index in [1.54, 1.807) is 48.3 Å². The highest BCUT2D eigenvalue weighted by molar-refractivity contribution is 6.32. The molecule has 2 N–H and O–H groups in total. The van der Waals surface area contributed by atoms with Crippen LogP contribution in [0.4, 0.5) is 5.69 Å². The highest BCUT2D eigenvalue weighted by Crippen LogP contribution is 2.24. The molecule has 1 aliphatic rings. The number of nitrogens with zero attached hydrogens (tertiary/aromatic N) is 1. The zero-order valence-corrected chi connectivity index (χ0v) is 16.7. The van der Waals surface area contributed by atoms with E-state index in [1.807, 2.05) is 12.1 Å². The number of ether oxygens (including phenoxy) is 1. The molecule has 1 saturated heterocycles. The van der Waals surface area contributed by atoms with Crippen LogP contribution in [0.2, 0.25) is 5.02 Å². The number of benzene rings is 2. The Morgan fingerprint density at radius 1 is 1.21 bits per heavy atom. The van der Waals surface area contributed by atoms with Crippen molar-refractivity contribution in [1.82, 2.24) is 10.2 Å². The third kappa shape index (κ3) is 5.26. The molecule has 1 unspecified atom stereocenters. The molecule has 3 amide bonds. The van der Waals surface area contributed by atoms with E-state index >= 15 is 0 Å². The van der Waals surface area contributed by atoms with Gasteiger partial charge in [-0.25, -0.2) is 0 Å². The summed E-state index contributed by atoms with van der Waals surface area (Å²) in [5.74, 6) is -0.464. The number of halogens is 1. The predicted octanol–water partition coefficient (Wildman–Crippen LogP) is 2.57. The summed E-state index contributed by atoms with van der Waals surface area (Å²) < 4.78 is 5.62. The Morgan fingerprint density at radius 2 is 2.00 bits per heavy atom. The Kier molecular flexibility index (Phi) is 6.72. The molecule has 1 atom stereocenters. The SMILES string of the molecule is CNC(=O)c1cccc(NC(=O)C2CC(=O)N(CCOc3ccccc3Cl)C2)c1. The van der Waals surface area contributed by atoms with Gasteiger partial charge < -0.3 is 20.3 Å². The van der Waals surface area contributed by atoms with Gasteiger partial charge in [-0.1, -0.05) is 29.8 Å². The largest absolute Gasteiger partial charge is 0.490 e. The number of rotatable bonds is 7. The highest BCUT2D eigenvalue weighted by Gasteiger charge is 2.34. The third-order valence-corrected chi connectivity index (χ3v) is 4.97. The van der Waals surface area contributed by atoms with Gasteiger partial charge in [0.2, 0.25) is 11.8 Å². The molecule has 29 heavy (non-hydrogen) atoms. The van der Waals surface area contributed by atoms with E-state index in [9.17, 15) is 14.4 Å². The molecule has 2 aromatic carbocycles. The summed E-state index contributed by atoms with van der Waals surface area (Å²) in [4.78, 5) is 38.1. The third-order valence-electron chi connectivity index (χ3n) is 4.66. The number of para-hydroxylation sites is 1. The van der Waals surface area contributed by atoms with E-state index in [1.165, 1.54) is 0 Å². The standard InChI is InChI=1S/C21H22ClN3O4/c1-23-20(27)14-5-4-6-16(11-14)24-21(28)15-12-19(26)25(13-15)9-10-29-18-8-3-2-7-17(18)22/h2-8,11,15H,9-10,12-13H2,1H3,(H,23,27)(H,24,28). The lowest BCUT2D eigenvalue weighted by molar-refractivity contribution is -0.128. The molecule has 152 valence electrons. The number of anilines is 1. The monoisotopic (exact) mass is 415 g/mol. The Balaban J connectivity index is 1.52. The van der Waals surface area contributed by atoms with Gasteiger partial charge in [0.15, 0.2) is 0 Å². The molecule has 0 aliphatic carbocycles. The van der Waals surface area contributed by atoms with Gasteiger partial charge in [0.25, 0.3) is 5.91 Å². The highest BCUT2D eigenvalue weighted by atomic mass is 35.5. The van der Waals surface area contributed by atoms with Crippen LogP contribution < -0.4 is 15.4 Å². The van der Waals surface area contributed by atoms with Crippen LogP contribution >= 0.6 is 11.6 Å².